The van der Waals surface area contributed by atoms with Crippen LogP contribution in [0.1, 0.15) is 35.1 Å². The van der Waals surface area contributed by atoms with Gasteiger partial charge in [0.15, 0.2) is 0 Å². The lowest BCUT2D eigenvalue weighted by atomic mass is 10.0. The van der Waals surface area contributed by atoms with E-state index < -0.39 is 0 Å². The van der Waals surface area contributed by atoms with Crippen molar-refractivity contribution in [3.8, 4) is 11.8 Å². The van der Waals surface area contributed by atoms with Gasteiger partial charge in [0.25, 0.3) is 0 Å². The molecule has 1 saturated heterocycles. The van der Waals surface area contributed by atoms with E-state index >= 15 is 0 Å². The molecule has 0 spiro atoms. The quantitative estimate of drug-likeness (QED) is 0.329. The molecule has 0 aliphatic carbocycles. The highest BCUT2D eigenvalue weighted by molar-refractivity contribution is 5.89. The van der Waals surface area contributed by atoms with Crippen molar-refractivity contribution >= 4 is 22.3 Å². The van der Waals surface area contributed by atoms with E-state index in [9.17, 15) is 5.26 Å². The van der Waals surface area contributed by atoms with Gasteiger partial charge in [0.2, 0.25) is 0 Å². The van der Waals surface area contributed by atoms with Crippen LogP contribution in [-0.4, -0.2) is 41.1 Å². The second-order valence-corrected chi connectivity index (χ2v) is 9.14. The summed E-state index contributed by atoms with van der Waals surface area (Å²) < 4.78 is 6.18. The van der Waals surface area contributed by atoms with Gasteiger partial charge >= 0.3 is 0 Å². The molecule has 0 saturated carbocycles. The minimum absolute atomic E-state index is 0.547. The zero-order valence-electron chi connectivity index (χ0n) is 20.2. The van der Waals surface area contributed by atoms with Gasteiger partial charge < -0.3 is 15.0 Å². The lowest BCUT2D eigenvalue weighted by Crippen LogP contribution is -2.25. The van der Waals surface area contributed by atoms with Gasteiger partial charge in [-0.25, -0.2) is 0 Å². The number of nitrogens with one attached hydrogen (secondary N) is 2. The molecular formula is C29H31N5O. The van der Waals surface area contributed by atoms with Gasteiger partial charge in [0.05, 0.1) is 11.3 Å². The Labute approximate surface area is 206 Å². The number of pyridine rings is 1. The molecule has 1 fully saturated rings. The van der Waals surface area contributed by atoms with Gasteiger partial charge in [-0.3, -0.25) is 9.88 Å². The number of nitriles is 1. The standard InChI is InChI=1S/C29H31N5O/c1-21-25-12-13-32-27(25)11-10-26(21)33-29-23(19-31-20-24(29)18-30)9-8-22-6-2-3-7-28(22)35-17-16-34-14-4-5-15-34/h2-3,6-7,10-13,19-20,32H,4-5,8-9,14-17H2,1H3,(H,31,33). The van der Waals surface area contributed by atoms with Crippen LogP contribution in [0.4, 0.5) is 11.4 Å². The first kappa shape index (κ1) is 22.9. The van der Waals surface area contributed by atoms with Gasteiger partial charge in [-0.1, -0.05) is 18.2 Å². The monoisotopic (exact) mass is 465 g/mol. The molecule has 4 aromatic rings. The van der Waals surface area contributed by atoms with Crippen LogP contribution >= 0.6 is 0 Å². The summed E-state index contributed by atoms with van der Waals surface area (Å²) in [7, 11) is 0. The summed E-state index contributed by atoms with van der Waals surface area (Å²) in [6.45, 7) is 6.14. The highest BCUT2D eigenvalue weighted by Gasteiger charge is 2.14. The third-order valence-corrected chi connectivity index (χ3v) is 6.91. The molecule has 178 valence electrons. The van der Waals surface area contributed by atoms with Crippen LogP contribution in [0, 0.1) is 18.3 Å². The Morgan fingerprint density at radius 1 is 1.06 bits per heavy atom. The van der Waals surface area contributed by atoms with Crippen LogP contribution in [0.3, 0.4) is 0 Å². The Morgan fingerprint density at radius 3 is 2.74 bits per heavy atom. The number of likely N-dealkylation sites (tertiary alicyclic amines) is 1. The number of nitrogens with zero attached hydrogens (tertiary/aromatic N) is 3. The van der Waals surface area contributed by atoms with Crippen molar-refractivity contribution in [2.75, 3.05) is 31.6 Å². The Kier molecular flexibility index (Phi) is 6.97. The van der Waals surface area contributed by atoms with Crippen LogP contribution in [0.25, 0.3) is 10.9 Å². The van der Waals surface area contributed by atoms with Crippen molar-refractivity contribution < 1.29 is 4.74 Å². The first-order valence-corrected chi connectivity index (χ1v) is 12.4. The molecule has 3 heterocycles. The van der Waals surface area contributed by atoms with Crippen LogP contribution < -0.4 is 10.1 Å². The first-order chi connectivity index (χ1) is 17.2. The van der Waals surface area contributed by atoms with Crippen molar-refractivity contribution in [1.82, 2.24) is 14.9 Å². The Bertz CT molecular complexity index is 1350. The number of anilines is 2. The largest absolute Gasteiger partial charge is 0.492 e. The van der Waals surface area contributed by atoms with E-state index in [1.165, 1.54) is 36.9 Å². The van der Waals surface area contributed by atoms with Crippen molar-refractivity contribution in [1.29, 1.82) is 5.26 Å². The number of fused-ring (bicyclic) bond motifs is 1. The molecule has 6 nitrogen and oxygen atoms in total. The summed E-state index contributed by atoms with van der Waals surface area (Å²) in [5, 5.41) is 14.5. The highest BCUT2D eigenvalue weighted by Crippen LogP contribution is 2.31. The smallest absolute Gasteiger partial charge is 0.122 e. The fraction of sp³-hybridized carbons (Fsp3) is 0.310. The molecule has 6 heteroatoms. The molecule has 0 amide bonds. The van der Waals surface area contributed by atoms with Crippen molar-refractivity contribution in [2.45, 2.75) is 32.6 Å². The molecule has 2 aromatic carbocycles. The van der Waals surface area contributed by atoms with Crippen LogP contribution in [-0.2, 0) is 12.8 Å². The van der Waals surface area contributed by atoms with E-state index in [1.807, 2.05) is 18.5 Å². The molecule has 2 N–H and O–H groups in total. The first-order valence-electron chi connectivity index (χ1n) is 12.4. The SMILES string of the molecule is Cc1c(Nc2c(C#N)cncc2CCc2ccccc2OCCN2CCCC2)ccc2[nH]ccc12. The highest BCUT2D eigenvalue weighted by atomic mass is 16.5. The Morgan fingerprint density at radius 2 is 1.89 bits per heavy atom. The molecule has 5 rings (SSSR count). The fourth-order valence-electron chi connectivity index (χ4n) is 4.89. The van der Waals surface area contributed by atoms with Crippen LogP contribution in [0.2, 0.25) is 0 Å². The molecule has 2 aromatic heterocycles. The van der Waals surface area contributed by atoms with E-state index in [4.69, 9.17) is 4.74 Å². The molecule has 1 aliphatic heterocycles. The Balaban J connectivity index is 1.33. The zero-order valence-corrected chi connectivity index (χ0v) is 20.2. The van der Waals surface area contributed by atoms with Crippen molar-refractivity contribution in [3.05, 3.63) is 83.3 Å². The zero-order chi connectivity index (χ0) is 24.0. The summed E-state index contributed by atoms with van der Waals surface area (Å²) in [4.78, 5) is 10.1. The average molecular weight is 466 g/mol. The predicted octanol–water partition coefficient (Wildman–Crippen LogP) is 5.75. The number of H-pyrrole nitrogens is 1. The number of aromatic amines is 1. The lowest BCUT2D eigenvalue weighted by Gasteiger charge is -2.18. The maximum atomic E-state index is 9.79. The third-order valence-electron chi connectivity index (χ3n) is 6.91. The van der Waals surface area contributed by atoms with E-state index in [0.717, 1.165) is 53.2 Å². The average Bonchev–Trinajstić information content (AvgIpc) is 3.58. The van der Waals surface area contributed by atoms with Crippen LogP contribution in [0.15, 0.2) is 61.1 Å². The molecular weight excluding hydrogens is 434 g/mol. The number of benzene rings is 2. The number of ether oxygens (including phenoxy) is 1. The number of para-hydroxylation sites is 1. The third kappa shape index (κ3) is 5.16. The fourth-order valence-corrected chi connectivity index (χ4v) is 4.89. The summed E-state index contributed by atoms with van der Waals surface area (Å²) in [6, 6.07) is 16.8. The lowest BCUT2D eigenvalue weighted by molar-refractivity contribution is 0.236. The molecule has 0 unspecified atom stereocenters. The normalized spacial score (nSPS) is 13.7. The summed E-state index contributed by atoms with van der Waals surface area (Å²) >= 11 is 0. The molecule has 0 radical (unpaired) electrons. The minimum Gasteiger partial charge on any atom is -0.492 e. The van der Waals surface area contributed by atoms with E-state index in [0.29, 0.717) is 12.2 Å². The van der Waals surface area contributed by atoms with E-state index in [-0.39, 0.29) is 0 Å². The second kappa shape index (κ2) is 10.6. The summed E-state index contributed by atoms with van der Waals surface area (Å²) in [5.41, 5.74) is 6.81. The molecule has 1 aliphatic rings. The van der Waals surface area contributed by atoms with Gasteiger partial charge in [0.1, 0.15) is 18.4 Å². The van der Waals surface area contributed by atoms with Crippen molar-refractivity contribution in [2.24, 2.45) is 0 Å². The summed E-state index contributed by atoms with van der Waals surface area (Å²) in [5.74, 6) is 0.944. The minimum atomic E-state index is 0.547. The number of aromatic nitrogens is 2. The van der Waals surface area contributed by atoms with Gasteiger partial charge in [-0.2, -0.15) is 5.26 Å². The summed E-state index contributed by atoms with van der Waals surface area (Å²) in [6.07, 6.45) is 9.59. The predicted molar refractivity (Wildman–Crippen MR) is 140 cm³/mol. The van der Waals surface area contributed by atoms with Gasteiger partial charge in [0, 0.05) is 41.7 Å². The Hall–Kier alpha value is -3.82. The van der Waals surface area contributed by atoms with Crippen LogP contribution in [0.5, 0.6) is 5.75 Å². The number of hydrogen-bond donors (Lipinski definition) is 2. The maximum absolute atomic E-state index is 9.79. The van der Waals surface area contributed by atoms with E-state index in [1.54, 1.807) is 6.20 Å². The second-order valence-electron chi connectivity index (χ2n) is 9.14. The molecule has 0 bridgehead atoms. The van der Waals surface area contributed by atoms with Crippen molar-refractivity contribution in [3.63, 3.8) is 0 Å². The van der Waals surface area contributed by atoms with Gasteiger partial charge in [-0.15, -0.1) is 0 Å². The molecule has 0 atom stereocenters. The molecule has 35 heavy (non-hydrogen) atoms. The number of aryl methyl sites for hydroxylation is 3. The van der Waals surface area contributed by atoms with E-state index in [2.05, 4.69) is 69.6 Å². The number of rotatable bonds is 9. The number of hydrogen-bond acceptors (Lipinski definition) is 5. The van der Waals surface area contributed by atoms with Gasteiger partial charge in [-0.05, 0) is 86.7 Å². The maximum Gasteiger partial charge on any atom is 0.122 e. The topological polar surface area (TPSA) is 77.0 Å².